The van der Waals surface area contributed by atoms with Gasteiger partial charge >= 0.3 is 6.18 Å². The van der Waals surface area contributed by atoms with Crippen molar-refractivity contribution in [3.8, 4) is 17.2 Å². The fraction of sp³-hybridized carbons (Fsp3) is 0.368. The lowest BCUT2D eigenvalue weighted by molar-refractivity contribution is -0.153. The predicted octanol–water partition coefficient (Wildman–Crippen LogP) is 4.38. The molecule has 0 spiro atoms. The molecule has 4 nitrogen and oxygen atoms in total. The van der Waals surface area contributed by atoms with Crippen molar-refractivity contribution in [3.05, 3.63) is 53.6 Å². The number of ether oxygens (including phenoxy) is 3. The summed E-state index contributed by atoms with van der Waals surface area (Å²) >= 11 is 0. The van der Waals surface area contributed by atoms with Gasteiger partial charge in [0.05, 0.1) is 0 Å². The average Bonchev–Trinajstić information content (AvgIpc) is 3.06. The third-order valence-corrected chi connectivity index (χ3v) is 4.13. The molecule has 140 valence electrons. The second-order valence-electron chi connectivity index (χ2n) is 6.60. The Kier molecular flexibility index (Phi) is 5.00. The van der Waals surface area contributed by atoms with E-state index < -0.39 is 12.8 Å². The Bertz CT molecular complexity index is 775. The highest BCUT2D eigenvalue weighted by Crippen LogP contribution is 2.35. The average molecular weight is 367 g/mol. The number of fused-ring (bicyclic) bond motifs is 1. The quantitative estimate of drug-likeness (QED) is 0.823. The zero-order chi connectivity index (χ0) is 18.8. The number of hydrogen-bond donors (Lipinski definition) is 1. The summed E-state index contributed by atoms with van der Waals surface area (Å²) in [6, 6.07) is 12.4. The van der Waals surface area contributed by atoms with Gasteiger partial charge < -0.3 is 19.5 Å². The Morgan fingerprint density at radius 1 is 1.04 bits per heavy atom. The summed E-state index contributed by atoms with van der Waals surface area (Å²) in [5, 5.41) is 3.41. The van der Waals surface area contributed by atoms with Crippen LogP contribution in [0.2, 0.25) is 0 Å². The van der Waals surface area contributed by atoms with Crippen LogP contribution < -0.4 is 19.5 Å². The van der Waals surface area contributed by atoms with E-state index in [-0.39, 0.29) is 18.1 Å². The zero-order valence-electron chi connectivity index (χ0n) is 14.5. The fourth-order valence-electron chi connectivity index (χ4n) is 2.62. The SMILES string of the molecule is CC(C)(NCc1cccc(OCC(F)(F)F)c1)c1ccc2c(c1)OCO2. The number of nitrogens with one attached hydrogen (secondary N) is 1. The second-order valence-corrected chi connectivity index (χ2v) is 6.60. The summed E-state index contributed by atoms with van der Waals surface area (Å²) in [5.41, 5.74) is 1.48. The maximum Gasteiger partial charge on any atom is 0.422 e. The van der Waals surface area contributed by atoms with Gasteiger partial charge in [0.2, 0.25) is 6.79 Å². The topological polar surface area (TPSA) is 39.7 Å². The molecule has 0 fully saturated rings. The largest absolute Gasteiger partial charge is 0.484 e. The molecule has 1 N–H and O–H groups in total. The molecule has 3 rings (SSSR count). The van der Waals surface area contributed by atoms with E-state index >= 15 is 0 Å². The summed E-state index contributed by atoms with van der Waals surface area (Å²) in [4.78, 5) is 0. The number of alkyl halides is 3. The number of halogens is 3. The van der Waals surface area contributed by atoms with Gasteiger partial charge in [0.1, 0.15) is 5.75 Å². The van der Waals surface area contributed by atoms with Gasteiger partial charge in [-0.1, -0.05) is 18.2 Å². The molecular weight excluding hydrogens is 347 g/mol. The number of benzene rings is 2. The first-order valence-corrected chi connectivity index (χ1v) is 8.17. The molecule has 0 bridgehead atoms. The van der Waals surface area contributed by atoms with Gasteiger partial charge in [-0.25, -0.2) is 0 Å². The minimum Gasteiger partial charge on any atom is -0.484 e. The van der Waals surface area contributed by atoms with Crippen LogP contribution in [0.15, 0.2) is 42.5 Å². The normalized spacial score (nSPS) is 13.7. The predicted molar refractivity (Wildman–Crippen MR) is 90.4 cm³/mol. The highest BCUT2D eigenvalue weighted by atomic mass is 19.4. The van der Waals surface area contributed by atoms with E-state index in [0.717, 1.165) is 16.9 Å². The maximum absolute atomic E-state index is 12.3. The van der Waals surface area contributed by atoms with Crippen LogP contribution in [0.25, 0.3) is 0 Å². The van der Waals surface area contributed by atoms with Crippen LogP contribution in [0.3, 0.4) is 0 Å². The molecular formula is C19H20F3NO3. The first-order chi connectivity index (χ1) is 12.2. The van der Waals surface area contributed by atoms with E-state index in [4.69, 9.17) is 14.2 Å². The van der Waals surface area contributed by atoms with Gasteiger partial charge in [-0.05, 0) is 49.2 Å². The van der Waals surface area contributed by atoms with Crippen molar-refractivity contribution in [2.75, 3.05) is 13.4 Å². The Morgan fingerprint density at radius 3 is 2.58 bits per heavy atom. The summed E-state index contributed by atoms with van der Waals surface area (Å²) in [7, 11) is 0. The van der Waals surface area contributed by atoms with E-state index in [2.05, 4.69) is 5.32 Å². The van der Waals surface area contributed by atoms with Crippen LogP contribution in [-0.2, 0) is 12.1 Å². The Hall–Kier alpha value is -2.41. The molecule has 26 heavy (non-hydrogen) atoms. The van der Waals surface area contributed by atoms with Crippen molar-refractivity contribution in [1.29, 1.82) is 0 Å². The van der Waals surface area contributed by atoms with Crippen molar-refractivity contribution in [2.45, 2.75) is 32.1 Å². The van der Waals surface area contributed by atoms with Gasteiger partial charge in [0.15, 0.2) is 18.1 Å². The monoisotopic (exact) mass is 367 g/mol. The fourth-order valence-corrected chi connectivity index (χ4v) is 2.62. The van der Waals surface area contributed by atoms with E-state index in [0.29, 0.717) is 12.3 Å². The van der Waals surface area contributed by atoms with Crippen LogP contribution in [0.5, 0.6) is 17.2 Å². The number of rotatable bonds is 6. The van der Waals surface area contributed by atoms with E-state index in [9.17, 15) is 13.2 Å². The first-order valence-electron chi connectivity index (χ1n) is 8.17. The molecule has 2 aromatic carbocycles. The van der Waals surface area contributed by atoms with Crippen molar-refractivity contribution < 1.29 is 27.4 Å². The Balaban J connectivity index is 1.64. The third kappa shape index (κ3) is 4.60. The van der Waals surface area contributed by atoms with E-state index in [1.807, 2.05) is 38.1 Å². The minimum absolute atomic E-state index is 0.197. The lowest BCUT2D eigenvalue weighted by Gasteiger charge is -2.27. The molecule has 0 aliphatic carbocycles. The Labute approximate surface area is 149 Å². The number of hydrogen-bond acceptors (Lipinski definition) is 4. The van der Waals surface area contributed by atoms with Gasteiger partial charge in [-0.3, -0.25) is 0 Å². The standard InChI is InChI=1S/C19H20F3NO3/c1-18(2,14-6-7-16-17(9-14)26-12-25-16)23-10-13-4-3-5-15(8-13)24-11-19(20,21)22/h3-9,23H,10-12H2,1-2H3. The van der Waals surface area contributed by atoms with Crippen molar-refractivity contribution in [2.24, 2.45) is 0 Å². The Morgan fingerprint density at radius 2 is 1.81 bits per heavy atom. The first kappa shape index (κ1) is 18.4. The minimum atomic E-state index is -4.35. The molecule has 0 amide bonds. The third-order valence-electron chi connectivity index (χ3n) is 4.13. The van der Waals surface area contributed by atoms with E-state index in [1.54, 1.807) is 12.1 Å². The van der Waals surface area contributed by atoms with E-state index in [1.165, 1.54) is 6.07 Å². The highest BCUT2D eigenvalue weighted by Gasteiger charge is 2.28. The molecule has 0 saturated carbocycles. The van der Waals surface area contributed by atoms with Crippen molar-refractivity contribution >= 4 is 0 Å². The zero-order valence-corrected chi connectivity index (χ0v) is 14.5. The van der Waals surface area contributed by atoms with Crippen LogP contribution in [0, 0.1) is 0 Å². The molecule has 2 aromatic rings. The van der Waals surface area contributed by atoms with Gasteiger partial charge in [0, 0.05) is 12.1 Å². The lowest BCUT2D eigenvalue weighted by Crippen LogP contribution is -2.35. The smallest absolute Gasteiger partial charge is 0.422 e. The van der Waals surface area contributed by atoms with Crippen LogP contribution in [0.4, 0.5) is 13.2 Å². The summed E-state index contributed by atoms with van der Waals surface area (Å²) in [5.74, 6) is 1.63. The molecule has 7 heteroatoms. The van der Waals surface area contributed by atoms with Gasteiger partial charge in [-0.2, -0.15) is 13.2 Å². The molecule has 0 saturated heterocycles. The van der Waals surface area contributed by atoms with Crippen molar-refractivity contribution in [1.82, 2.24) is 5.32 Å². The van der Waals surface area contributed by atoms with Gasteiger partial charge in [0.25, 0.3) is 0 Å². The van der Waals surface area contributed by atoms with Gasteiger partial charge in [-0.15, -0.1) is 0 Å². The van der Waals surface area contributed by atoms with Crippen LogP contribution in [-0.4, -0.2) is 19.6 Å². The van der Waals surface area contributed by atoms with Crippen molar-refractivity contribution in [3.63, 3.8) is 0 Å². The lowest BCUT2D eigenvalue weighted by atomic mass is 9.93. The molecule has 0 atom stereocenters. The summed E-state index contributed by atoms with van der Waals surface area (Å²) < 4.78 is 52.3. The molecule has 1 aliphatic rings. The molecule has 0 aromatic heterocycles. The summed E-state index contributed by atoms with van der Waals surface area (Å²) in [6.07, 6.45) is -4.35. The molecule has 0 unspecified atom stereocenters. The maximum atomic E-state index is 12.3. The highest BCUT2D eigenvalue weighted by molar-refractivity contribution is 5.46. The second kappa shape index (κ2) is 7.07. The molecule has 0 radical (unpaired) electrons. The summed E-state index contributed by atoms with van der Waals surface area (Å²) in [6.45, 7) is 3.44. The molecule has 1 aliphatic heterocycles. The molecule has 1 heterocycles. The van der Waals surface area contributed by atoms with Crippen LogP contribution in [0.1, 0.15) is 25.0 Å². The van der Waals surface area contributed by atoms with Crippen LogP contribution >= 0.6 is 0 Å².